The van der Waals surface area contributed by atoms with Crippen molar-refractivity contribution in [3.05, 3.63) is 71.7 Å². The average Bonchev–Trinajstić information content (AvgIpc) is 3.05. The fraction of sp³-hybridized carbons (Fsp3) is 0.263. The molecule has 0 aliphatic heterocycles. The lowest BCUT2D eigenvalue weighted by molar-refractivity contribution is 0.241. The number of nitrogens with zero attached hydrogens (tertiary/aromatic N) is 2. The van der Waals surface area contributed by atoms with Crippen molar-refractivity contribution in [1.29, 1.82) is 0 Å². The summed E-state index contributed by atoms with van der Waals surface area (Å²) >= 11 is 0. The van der Waals surface area contributed by atoms with Crippen molar-refractivity contribution < 1.29 is 9.90 Å². The number of rotatable bonds is 7. The van der Waals surface area contributed by atoms with Crippen molar-refractivity contribution in [1.82, 2.24) is 20.0 Å². The highest BCUT2D eigenvalue weighted by atomic mass is 16.3. The number of aliphatic hydroxyl groups excluding tert-OH is 1. The minimum absolute atomic E-state index is 0.0489. The summed E-state index contributed by atoms with van der Waals surface area (Å²) in [7, 11) is 0. The van der Waals surface area contributed by atoms with Crippen molar-refractivity contribution in [3.63, 3.8) is 0 Å². The third-order valence-corrected chi connectivity index (χ3v) is 3.99. The van der Waals surface area contributed by atoms with Gasteiger partial charge in [-0.25, -0.2) is 9.78 Å². The van der Waals surface area contributed by atoms with E-state index in [2.05, 4.69) is 15.6 Å². The fourth-order valence-electron chi connectivity index (χ4n) is 2.61. The number of urea groups is 1. The first kappa shape index (κ1) is 17.0. The quantitative estimate of drug-likeness (QED) is 0.616. The van der Waals surface area contributed by atoms with Gasteiger partial charge in [-0.15, -0.1) is 0 Å². The van der Waals surface area contributed by atoms with E-state index in [4.69, 9.17) is 5.11 Å². The predicted molar refractivity (Wildman–Crippen MR) is 96.4 cm³/mol. The number of amides is 2. The molecule has 0 radical (unpaired) electrons. The van der Waals surface area contributed by atoms with Crippen LogP contribution in [0.1, 0.15) is 16.8 Å². The number of hydrogen-bond donors (Lipinski definition) is 3. The normalized spacial score (nSPS) is 10.8. The van der Waals surface area contributed by atoms with Gasteiger partial charge in [-0.3, -0.25) is 0 Å². The highest BCUT2D eigenvalue weighted by Gasteiger charge is 2.03. The first-order valence-corrected chi connectivity index (χ1v) is 8.37. The Morgan fingerprint density at radius 2 is 1.72 bits per heavy atom. The predicted octanol–water partition coefficient (Wildman–Crippen LogP) is 1.91. The van der Waals surface area contributed by atoms with Crippen LogP contribution in [-0.2, 0) is 19.4 Å². The van der Waals surface area contributed by atoms with Gasteiger partial charge < -0.3 is 20.1 Å². The van der Waals surface area contributed by atoms with E-state index in [1.54, 1.807) is 0 Å². The second-order valence-electron chi connectivity index (χ2n) is 5.86. The van der Waals surface area contributed by atoms with Crippen molar-refractivity contribution in [3.8, 4) is 0 Å². The van der Waals surface area contributed by atoms with E-state index < -0.39 is 0 Å². The third-order valence-electron chi connectivity index (χ3n) is 3.99. The van der Waals surface area contributed by atoms with Crippen LogP contribution in [-0.4, -0.2) is 33.6 Å². The monoisotopic (exact) mass is 338 g/mol. The smallest absolute Gasteiger partial charge is 0.314 e. The van der Waals surface area contributed by atoms with Gasteiger partial charge in [0.1, 0.15) is 5.65 Å². The molecule has 25 heavy (non-hydrogen) atoms. The minimum Gasteiger partial charge on any atom is -0.392 e. The van der Waals surface area contributed by atoms with Gasteiger partial charge in [0.2, 0.25) is 0 Å². The summed E-state index contributed by atoms with van der Waals surface area (Å²) in [6.45, 7) is 1.16. The maximum Gasteiger partial charge on any atom is 0.314 e. The van der Waals surface area contributed by atoms with Gasteiger partial charge in [0.15, 0.2) is 0 Å². The highest BCUT2D eigenvalue weighted by molar-refractivity contribution is 5.73. The molecular weight excluding hydrogens is 316 g/mol. The molecule has 2 aromatic heterocycles. The van der Waals surface area contributed by atoms with E-state index in [9.17, 15) is 4.79 Å². The van der Waals surface area contributed by atoms with Gasteiger partial charge in [-0.1, -0.05) is 30.3 Å². The van der Waals surface area contributed by atoms with E-state index in [1.807, 2.05) is 59.3 Å². The largest absolute Gasteiger partial charge is 0.392 e. The Morgan fingerprint density at radius 1 is 1.00 bits per heavy atom. The lowest BCUT2D eigenvalue weighted by Crippen LogP contribution is -2.37. The second kappa shape index (κ2) is 8.30. The maximum absolute atomic E-state index is 11.8. The Hall–Kier alpha value is -2.86. The first-order chi connectivity index (χ1) is 12.2. The number of hydrogen-bond acceptors (Lipinski definition) is 3. The zero-order valence-corrected chi connectivity index (χ0v) is 14.0. The zero-order valence-electron chi connectivity index (χ0n) is 14.0. The Labute approximate surface area is 146 Å². The standard InChI is InChI=1S/C19H22N4O2/c24-14-16-6-4-15(5-7-16)8-10-20-19(25)21-11-9-17-13-23-12-2-1-3-18(23)22-17/h1-7,12-13,24H,8-11,14H2,(H2,20,21,25). The van der Waals surface area contributed by atoms with Crippen molar-refractivity contribution in [2.75, 3.05) is 13.1 Å². The Bertz CT molecular complexity index is 794. The van der Waals surface area contributed by atoms with Gasteiger partial charge in [0.05, 0.1) is 12.3 Å². The average molecular weight is 338 g/mol. The van der Waals surface area contributed by atoms with Crippen LogP contribution in [0.25, 0.3) is 5.65 Å². The van der Waals surface area contributed by atoms with Gasteiger partial charge in [0.25, 0.3) is 0 Å². The van der Waals surface area contributed by atoms with Crippen molar-refractivity contribution in [2.24, 2.45) is 0 Å². The summed E-state index contributed by atoms with van der Waals surface area (Å²) < 4.78 is 1.97. The Balaban J connectivity index is 1.36. The molecule has 0 aliphatic carbocycles. The second-order valence-corrected chi connectivity index (χ2v) is 5.86. The molecule has 3 N–H and O–H groups in total. The van der Waals surface area contributed by atoms with Gasteiger partial charge in [0, 0.05) is 31.9 Å². The molecule has 2 amide bonds. The van der Waals surface area contributed by atoms with Gasteiger partial charge in [-0.2, -0.15) is 0 Å². The number of aromatic nitrogens is 2. The SMILES string of the molecule is O=C(NCCc1ccc(CO)cc1)NCCc1cn2ccccc2n1. The molecule has 3 rings (SSSR count). The summed E-state index contributed by atoms with van der Waals surface area (Å²) in [5, 5.41) is 14.7. The minimum atomic E-state index is -0.171. The van der Waals surface area contributed by atoms with E-state index in [0.29, 0.717) is 19.5 Å². The maximum atomic E-state index is 11.8. The van der Waals surface area contributed by atoms with Crippen LogP contribution in [0, 0.1) is 0 Å². The number of nitrogens with one attached hydrogen (secondary N) is 2. The number of carbonyl (C=O) groups excluding carboxylic acids is 1. The van der Waals surface area contributed by atoms with Crippen molar-refractivity contribution in [2.45, 2.75) is 19.4 Å². The Morgan fingerprint density at radius 3 is 2.44 bits per heavy atom. The lowest BCUT2D eigenvalue weighted by Gasteiger charge is -2.07. The number of aliphatic hydroxyl groups is 1. The summed E-state index contributed by atoms with van der Waals surface area (Å²) in [5.74, 6) is 0. The summed E-state index contributed by atoms with van der Waals surface area (Å²) in [6.07, 6.45) is 5.38. The number of imidazole rings is 1. The molecular formula is C19H22N4O2. The van der Waals surface area contributed by atoms with Crippen LogP contribution < -0.4 is 10.6 Å². The van der Waals surface area contributed by atoms with Crippen LogP contribution in [0.5, 0.6) is 0 Å². The number of pyridine rings is 1. The molecule has 3 aromatic rings. The zero-order chi connectivity index (χ0) is 17.5. The number of benzene rings is 1. The fourth-order valence-corrected chi connectivity index (χ4v) is 2.61. The molecule has 6 nitrogen and oxygen atoms in total. The first-order valence-electron chi connectivity index (χ1n) is 8.37. The summed E-state index contributed by atoms with van der Waals surface area (Å²) in [6, 6.07) is 13.4. The van der Waals surface area contributed by atoms with Crippen LogP contribution >= 0.6 is 0 Å². The highest BCUT2D eigenvalue weighted by Crippen LogP contribution is 2.05. The molecule has 6 heteroatoms. The van der Waals surface area contributed by atoms with Crippen LogP contribution in [0.3, 0.4) is 0 Å². The topological polar surface area (TPSA) is 78.7 Å². The molecule has 0 saturated carbocycles. The molecule has 0 bridgehead atoms. The molecule has 1 aromatic carbocycles. The van der Waals surface area contributed by atoms with Crippen LogP contribution in [0.4, 0.5) is 4.79 Å². The Kier molecular flexibility index (Phi) is 5.64. The molecule has 0 unspecified atom stereocenters. The molecule has 130 valence electrons. The lowest BCUT2D eigenvalue weighted by atomic mass is 10.1. The van der Waals surface area contributed by atoms with E-state index >= 15 is 0 Å². The van der Waals surface area contributed by atoms with E-state index in [1.165, 1.54) is 0 Å². The molecule has 0 spiro atoms. The third kappa shape index (κ3) is 4.81. The summed E-state index contributed by atoms with van der Waals surface area (Å²) in [5.41, 5.74) is 3.88. The van der Waals surface area contributed by atoms with Crippen molar-refractivity contribution >= 4 is 11.7 Å². The van der Waals surface area contributed by atoms with E-state index in [-0.39, 0.29) is 12.6 Å². The van der Waals surface area contributed by atoms with E-state index in [0.717, 1.165) is 28.9 Å². The molecule has 0 saturated heterocycles. The van der Waals surface area contributed by atoms with Crippen LogP contribution in [0.15, 0.2) is 54.9 Å². The van der Waals surface area contributed by atoms with Gasteiger partial charge >= 0.3 is 6.03 Å². The molecule has 0 atom stereocenters. The van der Waals surface area contributed by atoms with Crippen LogP contribution in [0.2, 0.25) is 0 Å². The molecule has 0 aliphatic rings. The van der Waals surface area contributed by atoms with Gasteiger partial charge in [-0.05, 0) is 29.7 Å². The summed E-state index contributed by atoms with van der Waals surface area (Å²) in [4.78, 5) is 16.3. The molecule has 0 fully saturated rings. The number of fused-ring (bicyclic) bond motifs is 1. The number of carbonyl (C=O) groups is 1. The molecule has 2 heterocycles.